The standard InChI is InChI=1S/C11H10N/c1-2-4-11-10(3-1)9-6-5-8(9)7-12-11/h1-4,6,12H,5,7H2. The summed E-state index contributed by atoms with van der Waals surface area (Å²) in [5.41, 5.74) is 5.70. The van der Waals surface area contributed by atoms with Crippen LogP contribution in [0.2, 0.25) is 0 Å². The van der Waals surface area contributed by atoms with Gasteiger partial charge in [0.1, 0.15) is 0 Å². The van der Waals surface area contributed by atoms with Gasteiger partial charge in [-0.05, 0) is 30.1 Å². The van der Waals surface area contributed by atoms with Crippen molar-refractivity contribution in [2.45, 2.75) is 6.42 Å². The third kappa shape index (κ3) is 0.685. The lowest BCUT2D eigenvalue weighted by Gasteiger charge is -2.31. The van der Waals surface area contributed by atoms with Gasteiger partial charge < -0.3 is 5.32 Å². The number of allylic oxidation sites excluding steroid dienone is 1. The molecular weight excluding hydrogens is 146 g/mol. The molecule has 0 aromatic heterocycles. The number of hydrogen-bond acceptors (Lipinski definition) is 1. The van der Waals surface area contributed by atoms with Gasteiger partial charge in [-0.15, -0.1) is 0 Å². The van der Waals surface area contributed by atoms with E-state index in [4.69, 9.17) is 0 Å². The zero-order valence-corrected chi connectivity index (χ0v) is 6.80. The van der Waals surface area contributed by atoms with Crippen molar-refractivity contribution >= 4 is 11.3 Å². The summed E-state index contributed by atoms with van der Waals surface area (Å²) in [5.74, 6) is 0. The molecule has 12 heavy (non-hydrogen) atoms. The van der Waals surface area contributed by atoms with Crippen LogP contribution in [0.1, 0.15) is 12.0 Å². The predicted molar refractivity (Wildman–Crippen MR) is 50.8 cm³/mol. The molecule has 1 nitrogen and oxygen atoms in total. The minimum Gasteiger partial charge on any atom is -0.381 e. The average Bonchev–Trinajstić information content (AvgIpc) is 2.05. The number of nitrogens with one attached hydrogen (secondary N) is 1. The van der Waals surface area contributed by atoms with E-state index in [9.17, 15) is 0 Å². The van der Waals surface area contributed by atoms with Crippen LogP contribution in [0.25, 0.3) is 5.57 Å². The molecule has 0 unspecified atom stereocenters. The lowest BCUT2D eigenvalue weighted by molar-refractivity contribution is 0.997. The monoisotopic (exact) mass is 156 g/mol. The van der Waals surface area contributed by atoms with Gasteiger partial charge in [-0.25, -0.2) is 0 Å². The van der Waals surface area contributed by atoms with Crippen LogP contribution in [0.5, 0.6) is 0 Å². The minimum absolute atomic E-state index is 1.04. The molecule has 0 fully saturated rings. The van der Waals surface area contributed by atoms with Gasteiger partial charge in [0, 0.05) is 17.8 Å². The molecule has 1 aliphatic heterocycles. The second kappa shape index (κ2) is 2.13. The molecule has 1 heteroatoms. The van der Waals surface area contributed by atoms with Crippen LogP contribution in [0.15, 0.2) is 29.8 Å². The van der Waals surface area contributed by atoms with E-state index in [1.165, 1.54) is 23.2 Å². The van der Waals surface area contributed by atoms with Crippen molar-refractivity contribution in [3.63, 3.8) is 0 Å². The Hall–Kier alpha value is -1.24. The first-order valence-corrected chi connectivity index (χ1v) is 4.33. The minimum atomic E-state index is 1.04. The van der Waals surface area contributed by atoms with Gasteiger partial charge in [-0.3, -0.25) is 0 Å². The maximum absolute atomic E-state index is 3.42. The SMILES string of the molecule is [CH]1CC2=C1c1ccccc1NC2. The summed E-state index contributed by atoms with van der Waals surface area (Å²) in [6.07, 6.45) is 3.49. The lowest BCUT2D eigenvalue weighted by Crippen LogP contribution is -2.19. The van der Waals surface area contributed by atoms with E-state index in [0.29, 0.717) is 0 Å². The van der Waals surface area contributed by atoms with Crippen molar-refractivity contribution in [1.82, 2.24) is 0 Å². The molecule has 0 atom stereocenters. The highest BCUT2D eigenvalue weighted by Crippen LogP contribution is 2.41. The molecule has 1 aromatic carbocycles. The van der Waals surface area contributed by atoms with Crippen LogP contribution in [0.4, 0.5) is 5.69 Å². The fourth-order valence-electron chi connectivity index (χ4n) is 1.89. The first-order chi connectivity index (χ1) is 5.95. The van der Waals surface area contributed by atoms with Crippen molar-refractivity contribution in [3.8, 4) is 0 Å². The van der Waals surface area contributed by atoms with Gasteiger partial charge in [0.2, 0.25) is 0 Å². The number of rotatable bonds is 0. The molecule has 0 saturated heterocycles. The molecule has 0 saturated carbocycles. The number of hydrogen-bond donors (Lipinski definition) is 1. The molecule has 0 bridgehead atoms. The van der Waals surface area contributed by atoms with Crippen LogP contribution >= 0.6 is 0 Å². The summed E-state index contributed by atoms with van der Waals surface area (Å²) in [5, 5.41) is 3.42. The van der Waals surface area contributed by atoms with Crippen LogP contribution in [0, 0.1) is 6.42 Å². The molecule has 1 N–H and O–H groups in total. The molecular formula is C11H10N. The summed E-state index contributed by atoms with van der Waals surface area (Å²) in [4.78, 5) is 0. The second-order valence-corrected chi connectivity index (χ2v) is 3.32. The van der Waals surface area contributed by atoms with E-state index >= 15 is 0 Å². The van der Waals surface area contributed by atoms with E-state index in [2.05, 4.69) is 36.0 Å². The highest BCUT2D eigenvalue weighted by Gasteiger charge is 2.24. The Labute approximate surface area is 72.1 Å². The van der Waals surface area contributed by atoms with Gasteiger partial charge in [-0.1, -0.05) is 18.2 Å². The Morgan fingerprint density at radius 2 is 2.08 bits per heavy atom. The van der Waals surface area contributed by atoms with Gasteiger partial charge in [0.25, 0.3) is 0 Å². The zero-order chi connectivity index (χ0) is 7.97. The van der Waals surface area contributed by atoms with E-state index < -0.39 is 0 Å². The van der Waals surface area contributed by atoms with Crippen molar-refractivity contribution in [1.29, 1.82) is 0 Å². The first kappa shape index (κ1) is 6.30. The van der Waals surface area contributed by atoms with E-state index in [0.717, 1.165) is 6.54 Å². The predicted octanol–water partition coefficient (Wildman–Crippen LogP) is 2.47. The van der Waals surface area contributed by atoms with Crippen molar-refractivity contribution in [3.05, 3.63) is 41.8 Å². The maximum atomic E-state index is 3.42. The van der Waals surface area contributed by atoms with Gasteiger partial charge in [0.15, 0.2) is 0 Å². The summed E-state index contributed by atoms with van der Waals surface area (Å²) < 4.78 is 0. The summed E-state index contributed by atoms with van der Waals surface area (Å²) >= 11 is 0. The Morgan fingerprint density at radius 3 is 2.92 bits per heavy atom. The van der Waals surface area contributed by atoms with E-state index in [-0.39, 0.29) is 0 Å². The zero-order valence-electron chi connectivity index (χ0n) is 6.80. The average molecular weight is 156 g/mol. The third-order valence-electron chi connectivity index (χ3n) is 2.64. The smallest absolute Gasteiger partial charge is 0.0419 e. The quantitative estimate of drug-likeness (QED) is 0.608. The van der Waals surface area contributed by atoms with E-state index in [1.54, 1.807) is 5.57 Å². The number of fused-ring (bicyclic) bond motifs is 2. The van der Waals surface area contributed by atoms with Crippen molar-refractivity contribution in [2.75, 3.05) is 11.9 Å². The molecule has 0 spiro atoms. The normalized spacial score (nSPS) is 19.0. The molecule has 1 radical (unpaired) electrons. The lowest BCUT2D eigenvalue weighted by atomic mass is 9.81. The fourth-order valence-corrected chi connectivity index (χ4v) is 1.89. The topological polar surface area (TPSA) is 12.0 Å². The Kier molecular flexibility index (Phi) is 1.12. The molecule has 0 amide bonds. The molecule has 2 aliphatic rings. The Morgan fingerprint density at radius 1 is 1.17 bits per heavy atom. The molecule has 1 heterocycles. The van der Waals surface area contributed by atoms with Crippen LogP contribution in [0.3, 0.4) is 0 Å². The second-order valence-electron chi connectivity index (χ2n) is 3.32. The van der Waals surface area contributed by atoms with Crippen molar-refractivity contribution in [2.24, 2.45) is 0 Å². The molecule has 59 valence electrons. The summed E-state index contributed by atoms with van der Waals surface area (Å²) in [6.45, 7) is 1.04. The maximum Gasteiger partial charge on any atom is 0.0419 e. The number of para-hydroxylation sites is 1. The Bertz CT molecular complexity index is 363. The number of benzene rings is 1. The molecule has 3 rings (SSSR count). The highest BCUT2D eigenvalue weighted by molar-refractivity contribution is 5.89. The summed E-state index contributed by atoms with van der Waals surface area (Å²) in [6, 6.07) is 8.51. The van der Waals surface area contributed by atoms with Crippen LogP contribution < -0.4 is 5.32 Å². The van der Waals surface area contributed by atoms with Crippen LogP contribution in [-0.4, -0.2) is 6.54 Å². The van der Waals surface area contributed by atoms with Crippen molar-refractivity contribution < 1.29 is 0 Å². The third-order valence-corrected chi connectivity index (χ3v) is 2.64. The largest absolute Gasteiger partial charge is 0.381 e. The first-order valence-electron chi connectivity index (χ1n) is 4.33. The van der Waals surface area contributed by atoms with Gasteiger partial charge in [-0.2, -0.15) is 0 Å². The number of anilines is 1. The molecule has 1 aliphatic carbocycles. The summed E-state index contributed by atoms with van der Waals surface area (Å²) in [7, 11) is 0. The molecule has 1 aromatic rings. The Balaban J connectivity index is 2.22. The van der Waals surface area contributed by atoms with E-state index in [1.807, 2.05) is 0 Å². The van der Waals surface area contributed by atoms with Gasteiger partial charge >= 0.3 is 0 Å². The fraction of sp³-hybridized carbons (Fsp3) is 0.182. The van der Waals surface area contributed by atoms with Crippen LogP contribution in [-0.2, 0) is 0 Å². The highest BCUT2D eigenvalue weighted by atomic mass is 14.9. The van der Waals surface area contributed by atoms with Gasteiger partial charge in [0.05, 0.1) is 0 Å².